The third kappa shape index (κ3) is 4.55. The molecule has 2 heterocycles. The van der Waals surface area contributed by atoms with E-state index in [0.29, 0.717) is 11.7 Å². The van der Waals surface area contributed by atoms with E-state index < -0.39 is 0 Å². The van der Waals surface area contributed by atoms with Crippen molar-refractivity contribution in [3.05, 3.63) is 96.3 Å². The van der Waals surface area contributed by atoms with Crippen molar-refractivity contribution >= 4 is 17.5 Å². The van der Waals surface area contributed by atoms with Crippen LogP contribution < -0.4 is 0 Å². The lowest BCUT2D eigenvalue weighted by Crippen LogP contribution is -2.07. The maximum absolute atomic E-state index is 12.9. The molecule has 0 unspecified atom stereocenters. The van der Waals surface area contributed by atoms with Crippen molar-refractivity contribution in [1.29, 1.82) is 0 Å². The summed E-state index contributed by atoms with van der Waals surface area (Å²) in [7, 11) is 0. The summed E-state index contributed by atoms with van der Waals surface area (Å²) < 4.78 is 2.09. The summed E-state index contributed by atoms with van der Waals surface area (Å²) in [6.07, 6.45) is 1.84. The molecule has 2 aromatic heterocycles. The number of rotatable bonds is 8. The third-order valence-corrected chi connectivity index (χ3v) is 6.12. The Morgan fingerprint density at radius 3 is 2.22 bits per heavy atom. The molecule has 2 aromatic carbocycles. The quantitative estimate of drug-likeness (QED) is 0.197. The first-order valence-corrected chi connectivity index (χ1v) is 11.4. The van der Waals surface area contributed by atoms with Crippen molar-refractivity contribution in [2.45, 2.75) is 25.5 Å². The Kier molecular flexibility index (Phi) is 6.61. The number of aryl methyl sites for hydroxylation is 1. The second kappa shape index (κ2) is 9.75. The molecule has 6 heteroatoms. The molecule has 4 aromatic rings. The Morgan fingerprint density at radius 1 is 0.969 bits per heavy atom. The molecule has 0 amide bonds. The van der Waals surface area contributed by atoms with Crippen LogP contribution in [-0.4, -0.2) is 31.3 Å². The number of aromatic nitrogens is 4. The van der Waals surface area contributed by atoms with Gasteiger partial charge in [0, 0.05) is 34.6 Å². The molecule has 4 rings (SSSR count). The third-order valence-electron chi connectivity index (χ3n) is 5.28. The predicted molar refractivity (Wildman–Crippen MR) is 130 cm³/mol. The van der Waals surface area contributed by atoms with E-state index in [1.165, 1.54) is 11.8 Å². The Morgan fingerprint density at radius 2 is 1.59 bits per heavy atom. The van der Waals surface area contributed by atoms with Gasteiger partial charge in [-0.1, -0.05) is 78.5 Å². The Balaban J connectivity index is 1.61. The van der Waals surface area contributed by atoms with Crippen LogP contribution in [0.4, 0.5) is 0 Å². The van der Waals surface area contributed by atoms with Gasteiger partial charge in [0.1, 0.15) is 11.4 Å². The summed E-state index contributed by atoms with van der Waals surface area (Å²) in [5, 5.41) is 9.27. The van der Waals surface area contributed by atoms with E-state index in [1.807, 2.05) is 86.7 Å². The zero-order valence-electron chi connectivity index (χ0n) is 18.2. The van der Waals surface area contributed by atoms with Gasteiger partial charge in [-0.25, -0.2) is 4.98 Å². The van der Waals surface area contributed by atoms with Gasteiger partial charge in [0.2, 0.25) is 5.16 Å². The highest BCUT2D eigenvalue weighted by atomic mass is 32.2. The highest BCUT2D eigenvalue weighted by Gasteiger charge is 2.18. The average Bonchev–Trinajstić information content (AvgIpc) is 3.12. The minimum atomic E-state index is 0.0513. The smallest absolute Gasteiger partial charge is 0.210 e. The predicted octanol–water partition coefficient (Wildman–Crippen LogP) is 5.78. The summed E-state index contributed by atoms with van der Waals surface area (Å²) >= 11 is 1.31. The molecular weight excluding hydrogens is 416 g/mol. The number of thioether (sulfide) groups is 1. The van der Waals surface area contributed by atoms with Gasteiger partial charge in [-0.05, 0) is 19.9 Å². The summed E-state index contributed by atoms with van der Waals surface area (Å²) in [6.45, 7) is 8.45. The van der Waals surface area contributed by atoms with E-state index in [2.05, 4.69) is 21.3 Å². The van der Waals surface area contributed by atoms with Crippen molar-refractivity contribution in [1.82, 2.24) is 19.7 Å². The molecule has 0 aliphatic rings. The van der Waals surface area contributed by atoms with Gasteiger partial charge >= 0.3 is 0 Å². The molecule has 0 N–H and O–H groups in total. The van der Waals surface area contributed by atoms with Crippen LogP contribution >= 0.6 is 11.8 Å². The van der Waals surface area contributed by atoms with Crippen LogP contribution in [0, 0.1) is 13.8 Å². The van der Waals surface area contributed by atoms with E-state index in [0.717, 1.165) is 39.5 Å². The number of hydrogen-bond donors (Lipinski definition) is 0. The molecule has 32 heavy (non-hydrogen) atoms. The average molecular weight is 441 g/mol. The van der Waals surface area contributed by atoms with Crippen molar-refractivity contribution in [2.24, 2.45) is 0 Å². The molecule has 0 saturated heterocycles. The highest BCUT2D eigenvalue weighted by molar-refractivity contribution is 7.99. The van der Waals surface area contributed by atoms with Crippen LogP contribution in [0.15, 0.2) is 84.5 Å². The number of allylic oxidation sites excluding steroid dienone is 1. The molecule has 0 atom stereocenters. The van der Waals surface area contributed by atoms with Gasteiger partial charge in [-0.3, -0.25) is 4.79 Å². The van der Waals surface area contributed by atoms with E-state index >= 15 is 0 Å². The van der Waals surface area contributed by atoms with Gasteiger partial charge in [0.25, 0.3) is 0 Å². The van der Waals surface area contributed by atoms with Gasteiger partial charge < -0.3 is 4.57 Å². The van der Waals surface area contributed by atoms with Crippen molar-refractivity contribution in [3.63, 3.8) is 0 Å². The SMILES string of the molecule is C=CCn1c(C)cc(C(=O)CSc2nnc(-c3ccccc3)c(-c3ccccc3)n2)c1C. The van der Waals surface area contributed by atoms with E-state index in [-0.39, 0.29) is 11.5 Å². The second-order valence-corrected chi connectivity index (χ2v) is 8.36. The summed E-state index contributed by atoms with van der Waals surface area (Å²) in [4.78, 5) is 17.7. The lowest BCUT2D eigenvalue weighted by Gasteiger charge is -2.09. The highest BCUT2D eigenvalue weighted by Crippen LogP contribution is 2.30. The normalized spacial score (nSPS) is 10.8. The van der Waals surface area contributed by atoms with Crippen LogP contribution in [0.3, 0.4) is 0 Å². The molecule has 0 radical (unpaired) electrons. The first-order chi connectivity index (χ1) is 15.6. The lowest BCUT2D eigenvalue weighted by molar-refractivity contribution is 0.102. The Labute approximate surface area is 192 Å². The van der Waals surface area contributed by atoms with E-state index in [4.69, 9.17) is 4.98 Å². The second-order valence-electron chi connectivity index (χ2n) is 7.42. The molecule has 0 aliphatic heterocycles. The van der Waals surface area contributed by atoms with Crippen LogP contribution in [0.5, 0.6) is 0 Å². The minimum Gasteiger partial charge on any atom is -0.345 e. The first kappa shape index (κ1) is 21.7. The van der Waals surface area contributed by atoms with Crippen LogP contribution in [0.1, 0.15) is 21.7 Å². The maximum atomic E-state index is 12.9. The van der Waals surface area contributed by atoms with Gasteiger partial charge in [-0.2, -0.15) is 0 Å². The summed E-state index contributed by atoms with van der Waals surface area (Å²) in [6, 6.07) is 21.8. The number of ketones is 1. The Hall–Kier alpha value is -3.51. The largest absolute Gasteiger partial charge is 0.345 e. The fourth-order valence-electron chi connectivity index (χ4n) is 3.66. The standard InChI is InChI=1S/C26H24N4OS/c1-4-15-30-18(2)16-22(19(30)3)23(31)17-32-26-27-24(20-11-7-5-8-12-20)25(28-29-26)21-13-9-6-10-14-21/h4-14,16H,1,15,17H2,2-3H3. The molecule has 0 saturated carbocycles. The van der Waals surface area contributed by atoms with Crippen LogP contribution in [0.2, 0.25) is 0 Å². The van der Waals surface area contributed by atoms with Gasteiger partial charge in [0.15, 0.2) is 5.78 Å². The molecule has 0 spiro atoms. The molecule has 0 aliphatic carbocycles. The fourth-order valence-corrected chi connectivity index (χ4v) is 4.33. The van der Waals surface area contributed by atoms with Gasteiger partial charge in [0.05, 0.1) is 5.75 Å². The molecular formula is C26H24N4OS. The lowest BCUT2D eigenvalue weighted by atomic mass is 10.0. The molecule has 0 bridgehead atoms. The summed E-state index contributed by atoms with van der Waals surface area (Å²) in [5.41, 5.74) is 6.13. The number of benzene rings is 2. The minimum absolute atomic E-state index is 0.0513. The number of carbonyl (C=O) groups is 1. The molecule has 0 fully saturated rings. The van der Waals surface area contributed by atoms with Gasteiger partial charge in [-0.15, -0.1) is 16.8 Å². The van der Waals surface area contributed by atoms with Crippen molar-refractivity contribution in [2.75, 3.05) is 5.75 Å². The Bertz CT molecular complexity index is 1250. The van der Waals surface area contributed by atoms with E-state index in [9.17, 15) is 4.79 Å². The van der Waals surface area contributed by atoms with Crippen LogP contribution in [0.25, 0.3) is 22.5 Å². The topological polar surface area (TPSA) is 60.7 Å². The number of carbonyl (C=O) groups excluding carboxylic acids is 1. The maximum Gasteiger partial charge on any atom is 0.210 e. The van der Waals surface area contributed by atoms with Crippen molar-refractivity contribution < 1.29 is 4.79 Å². The monoisotopic (exact) mass is 440 g/mol. The zero-order valence-corrected chi connectivity index (χ0v) is 19.0. The zero-order chi connectivity index (χ0) is 22.5. The fraction of sp³-hybridized carbons (Fsp3) is 0.154. The number of Topliss-reactive ketones (excluding diaryl/α,β-unsaturated/α-hetero) is 1. The van der Waals surface area contributed by atoms with Crippen LogP contribution in [-0.2, 0) is 6.54 Å². The van der Waals surface area contributed by atoms with Crippen molar-refractivity contribution in [3.8, 4) is 22.5 Å². The molecule has 5 nitrogen and oxygen atoms in total. The molecule has 160 valence electrons. The first-order valence-electron chi connectivity index (χ1n) is 10.4. The number of hydrogen-bond acceptors (Lipinski definition) is 5. The number of nitrogens with zero attached hydrogens (tertiary/aromatic N) is 4. The summed E-state index contributed by atoms with van der Waals surface area (Å²) in [5.74, 6) is 0.300. The van der Waals surface area contributed by atoms with E-state index in [1.54, 1.807) is 0 Å².